The second-order valence-corrected chi connectivity index (χ2v) is 4.59. The molecule has 0 aromatic heterocycles. The number of sulfone groups is 1. The fourth-order valence-corrected chi connectivity index (χ4v) is 1.66. The van der Waals surface area contributed by atoms with Gasteiger partial charge in [-0.1, -0.05) is 6.08 Å². The predicted molar refractivity (Wildman–Crippen MR) is 45.5 cm³/mol. The number of esters is 1. The van der Waals surface area contributed by atoms with Gasteiger partial charge in [0.15, 0.2) is 15.1 Å². The number of ether oxygens (including phenoxy) is 1. The van der Waals surface area contributed by atoms with Gasteiger partial charge in [-0.25, -0.2) is 8.42 Å². The Morgan fingerprint density at radius 1 is 1.67 bits per heavy atom. The van der Waals surface area contributed by atoms with Crippen LogP contribution in [0.2, 0.25) is 0 Å². The monoisotopic (exact) mass is 192 g/mol. The molecule has 0 aromatic rings. The Hall–Kier alpha value is -0.840. The second kappa shape index (κ2) is 4.25. The third-order valence-corrected chi connectivity index (χ3v) is 2.78. The van der Waals surface area contributed by atoms with Gasteiger partial charge in [0.1, 0.15) is 0 Å². The van der Waals surface area contributed by atoms with E-state index in [2.05, 4.69) is 11.3 Å². The molecule has 0 saturated heterocycles. The van der Waals surface area contributed by atoms with Crippen LogP contribution < -0.4 is 0 Å². The summed E-state index contributed by atoms with van der Waals surface area (Å²) in [7, 11) is -2.23. The second-order valence-electron chi connectivity index (χ2n) is 2.37. The van der Waals surface area contributed by atoms with Crippen LogP contribution >= 0.6 is 0 Å². The highest BCUT2D eigenvalue weighted by Gasteiger charge is 2.28. The molecule has 0 spiro atoms. The lowest BCUT2D eigenvalue weighted by Crippen LogP contribution is -2.29. The van der Waals surface area contributed by atoms with Crippen LogP contribution in [0, 0.1) is 0 Å². The van der Waals surface area contributed by atoms with E-state index in [0.29, 0.717) is 0 Å². The zero-order chi connectivity index (χ0) is 9.78. The van der Waals surface area contributed by atoms with Crippen molar-refractivity contribution < 1.29 is 17.9 Å². The van der Waals surface area contributed by atoms with Gasteiger partial charge in [-0.05, 0) is 6.42 Å². The van der Waals surface area contributed by atoms with Crippen molar-refractivity contribution in [2.45, 2.75) is 11.7 Å². The van der Waals surface area contributed by atoms with Gasteiger partial charge in [-0.2, -0.15) is 0 Å². The Kier molecular flexibility index (Phi) is 3.95. The Bertz CT molecular complexity index is 265. The maximum absolute atomic E-state index is 11.0. The summed E-state index contributed by atoms with van der Waals surface area (Å²) >= 11 is 0. The molecule has 12 heavy (non-hydrogen) atoms. The number of carbonyl (C=O) groups excluding carboxylic acids is 1. The van der Waals surface area contributed by atoms with E-state index in [9.17, 15) is 13.2 Å². The third kappa shape index (κ3) is 3.04. The van der Waals surface area contributed by atoms with Crippen molar-refractivity contribution >= 4 is 15.8 Å². The molecule has 0 saturated carbocycles. The summed E-state index contributed by atoms with van der Waals surface area (Å²) in [5, 5.41) is -1.11. The van der Waals surface area contributed by atoms with Crippen LogP contribution in [0.5, 0.6) is 0 Å². The predicted octanol–water partition coefficient (Wildman–Crippen LogP) is 0.149. The molecule has 0 radical (unpaired) electrons. The summed E-state index contributed by atoms with van der Waals surface area (Å²) in [5.74, 6) is -0.739. The first-order chi connectivity index (χ1) is 5.43. The Balaban J connectivity index is 4.67. The highest BCUT2D eigenvalue weighted by Crippen LogP contribution is 2.06. The molecule has 5 heteroatoms. The summed E-state index contributed by atoms with van der Waals surface area (Å²) in [6.45, 7) is 3.36. The summed E-state index contributed by atoms with van der Waals surface area (Å²) in [6, 6.07) is 0. The lowest BCUT2D eigenvalue weighted by molar-refractivity contribution is -0.140. The number of allylic oxidation sites excluding steroid dienone is 1. The van der Waals surface area contributed by atoms with E-state index in [1.54, 1.807) is 0 Å². The number of methoxy groups -OCH3 is 1. The van der Waals surface area contributed by atoms with Gasteiger partial charge in [0.2, 0.25) is 0 Å². The Morgan fingerprint density at radius 2 is 2.17 bits per heavy atom. The maximum Gasteiger partial charge on any atom is 0.324 e. The average molecular weight is 192 g/mol. The quantitative estimate of drug-likeness (QED) is 0.470. The fraction of sp³-hybridized carbons (Fsp3) is 0.571. The first-order valence-corrected chi connectivity index (χ1v) is 5.26. The van der Waals surface area contributed by atoms with Crippen LogP contribution in [0.15, 0.2) is 12.7 Å². The maximum atomic E-state index is 11.0. The van der Waals surface area contributed by atoms with E-state index in [-0.39, 0.29) is 6.42 Å². The molecule has 0 aliphatic heterocycles. The van der Waals surface area contributed by atoms with Crippen LogP contribution in [0.1, 0.15) is 6.42 Å². The summed E-state index contributed by atoms with van der Waals surface area (Å²) < 4.78 is 26.3. The smallest absolute Gasteiger partial charge is 0.324 e. The molecule has 0 rings (SSSR count). The molecule has 0 bridgehead atoms. The molecule has 0 aliphatic carbocycles. The molecule has 0 amide bonds. The van der Waals surface area contributed by atoms with E-state index in [0.717, 1.165) is 13.4 Å². The Morgan fingerprint density at radius 3 is 2.42 bits per heavy atom. The van der Waals surface area contributed by atoms with E-state index < -0.39 is 21.1 Å². The molecule has 0 heterocycles. The van der Waals surface area contributed by atoms with Crippen molar-refractivity contribution in [3.8, 4) is 0 Å². The highest BCUT2D eigenvalue weighted by molar-refractivity contribution is 7.92. The van der Waals surface area contributed by atoms with Crippen molar-refractivity contribution in [3.63, 3.8) is 0 Å². The van der Waals surface area contributed by atoms with E-state index in [1.807, 2.05) is 0 Å². The van der Waals surface area contributed by atoms with Gasteiger partial charge in [0, 0.05) is 6.26 Å². The molecular weight excluding hydrogens is 180 g/mol. The third-order valence-electron chi connectivity index (χ3n) is 1.36. The zero-order valence-corrected chi connectivity index (χ0v) is 7.93. The van der Waals surface area contributed by atoms with Gasteiger partial charge >= 0.3 is 5.97 Å². The molecule has 0 N–H and O–H groups in total. The van der Waals surface area contributed by atoms with Crippen LogP contribution in [0.25, 0.3) is 0 Å². The van der Waals surface area contributed by atoms with E-state index >= 15 is 0 Å². The summed E-state index contributed by atoms with van der Waals surface area (Å²) in [4.78, 5) is 10.9. The molecular formula is C7H12O4S. The first-order valence-electron chi connectivity index (χ1n) is 3.31. The van der Waals surface area contributed by atoms with E-state index in [1.165, 1.54) is 6.08 Å². The van der Waals surface area contributed by atoms with Crippen LogP contribution in [-0.2, 0) is 19.4 Å². The normalized spacial score (nSPS) is 13.5. The lowest BCUT2D eigenvalue weighted by Gasteiger charge is -2.09. The molecule has 1 unspecified atom stereocenters. The minimum atomic E-state index is -3.38. The van der Waals surface area contributed by atoms with Crippen LogP contribution in [0.3, 0.4) is 0 Å². The van der Waals surface area contributed by atoms with E-state index in [4.69, 9.17) is 0 Å². The number of hydrogen-bond donors (Lipinski definition) is 0. The number of hydrogen-bond acceptors (Lipinski definition) is 4. The number of rotatable bonds is 4. The number of carbonyl (C=O) groups is 1. The lowest BCUT2D eigenvalue weighted by atomic mass is 10.3. The molecule has 4 nitrogen and oxygen atoms in total. The van der Waals surface area contributed by atoms with Crippen molar-refractivity contribution in [2.75, 3.05) is 13.4 Å². The standard InChI is InChI=1S/C7H12O4S/c1-4-5-6(7(8)11-2)12(3,9)10/h4,6H,1,5H2,2-3H3. The molecule has 0 fully saturated rings. The molecule has 1 atom stereocenters. The van der Waals surface area contributed by atoms with Crippen molar-refractivity contribution in [1.82, 2.24) is 0 Å². The highest BCUT2D eigenvalue weighted by atomic mass is 32.2. The van der Waals surface area contributed by atoms with Crippen molar-refractivity contribution in [3.05, 3.63) is 12.7 Å². The minimum absolute atomic E-state index is 0.0888. The largest absolute Gasteiger partial charge is 0.468 e. The molecule has 70 valence electrons. The minimum Gasteiger partial charge on any atom is -0.468 e. The molecule has 0 aromatic carbocycles. The summed E-state index contributed by atoms with van der Waals surface area (Å²) in [5.41, 5.74) is 0. The van der Waals surface area contributed by atoms with Gasteiger partial charge in [-0.15, -0.1) is 6.58 Å². The van der Waals surface area contributed by atoms with Crippen molar-refractivity contribution in [2.24, 2.45) is 0 Å². The van der Waals surface area contributed by atoms with Gasteiger partial charge in [0.05, 0.1) is 7.11 Å². The Labute approximate surface area is 72.1 Å². The van der Waals surface area contributed by atoms with Crippen molar-refractivity contribution in [1.29, 1.82) is 0 Å². The topological polar surface area (TPSA) is 60.4 Å². The molecule has 0 aliphatic rings. The van der Waals surface area contributed by atoms with Gasteiger partial charge < -0.3 is 4.74 Å². The van der Waals surface area contributed by atoms with Crippen LogP contribution in [-0.4, -0.2) is 33.0 Å². The first kappa shape index (κ1) is 11.2. The average Bonchev–Trinajstić information content (AvgIpc) is 1.96. The van der Waals surface area contributed by atoms with Gasteiger partial charge in [0.25, 0.3) is 0 Å². The fourth-order valence-electron chi connectivity index (χ4n) is 0.729. The van der Waals surface area contributed by atoms with Crippen LogP contribution in [0.4, 0.5) is 0 Å². The summed E-state index contributed by atoms with van der Waals surface area (Å²) in [6.07, 6.45) is 2.46. The van der Waals surface area contributed by atoms with Gasteiger partial charge in [-0.3, -0.25) is 4.79 Å². The zero-order valence-electron chi connectivity index (χ0n) is 7.11. The SMILES string of the molecule is C=CCC(C(=O)OC)S(C)(=O)=O.